The largest absolute Gasteiger partial charge is 0.347 e. The summed E-state index contributed by atoms with van der Waals surface area (Å²) in [6.07, 6.45) is 9.31. The first-order valence-electron chi connectivity index (χ1n) is 10.9. The van der Waals surface area contributed by atoms with Crippen molar-refractivity contribution in [2.75, 3.05) is 6.54 Å². The van der Waals surface area contributed by atoms with Crippen LogP contribution in [0.1, 0.15) is 62.2 Å². The second-order valence-corrected chi connectivity index (χ2v) is 8.43. The summed E-state index contributed by atoms with van der Waals surface area (Å²) in [4.78, 5) is 19.7. The van der Waals surface area contributed by atoms with Crippen LogP contribution in [-0.2, 0) is 11.3 Å². The molecule has 1 aliphatic carbocycles. The van der Waals surface area contributed by atoms with Crippen LogP contribution in [0.15, 0.2) is 48.7 Å². The van der Waals surface area contributed by atoms with Gasteiger partial charge in [-0.25, -0.2) is 4.39 Å². The quantitative estimate of drug-likeness (QED) is 0.744. The van der Waals surface area contributed by atoms with Gasteiger partial charge in [0.2, 0.25) is 5.91 Å². The maximum atomic E-state index is 13.3. The average molecular weight is 396 g/mol. The van der Waals surface area contributed by atoms with Gasteiger partial charge in [0.05, 0.1) is 11.7 Å². The number of likely N-dealkylation sites (tertiary alicyclic amines) is 1. The highest BCUT2D eigenvalue weighted by Gasteiger charge is 2.31. The van der Waals surface area contributed by atoms with Gasteiger partial charge in [0.1, 0.15) is 5.82 Å². The molecule has 0 radical (unpaired) electrons. The molecule has 1 saturated carbocycles. The highest BCUT2D eigenvalue weighted by molar-refractivity contribution is 5.79. The molecule has 2 aromatic rings. The zero-order valence-corrected chi connectivity index (χ0v) is 16.9. The Labute approximate surface area is 172 Å². The summed E-state index contributed by atoms with van der Waals surface area (Å²) >= 11 is 0. The molecule has 1 N–H and O–H groups in total. The number of aromatic nitrogens is 1. The van der Waals surface area contributed by atoms with Crippen LogP contribution in [0, 0.1) is 11.7 Å². The van der Waals surface area contributed by atoms with Gasteiger partial charge in [-0.2, -0.15) is 0 Å². The van der Waals surface area contributed by atoms with E-state index in [2.05, 4.69) is 15.2 Å². The van der Waals surface area contributed by atoms with E-state index in [1.54, 1.807) is 6.20 Å². The number of nitrogens with one attached hydrogen (secondary N) is 1. The Hall–Kier alpha value is -2.27. The third-order valence-corrected chi connectivity index (χ3v) is 6.39. The number of amides is 1. The molecule has 4 nitrogen and oxygen atoms in total. The van der Waals surface area contributed by atoms with Crippen LogP contribution in [0.25, 0.3) is 0 Å². The van der Waals surface area contributed by atoms with E-state index < -0.39 is 0 Å². The normalized spacial score (nSPS) is 21.3. The van der Waals surface area contributed by atoms with Gasteiger partial charge in [-0.05, 0) is 68.5 Å². The van der Waals surface area contributed by atoms with Crippen molar-refractivity contribution in [3.63, 3.8) is 0 Å². The zero-order valence-electron chi connectivity index (χ0n) is 16.9. The minimum Gasteiger partial charge on any atom is -0.347 e. The summed E-state index contributed by atoms with van der Waals surface area (Å²) in [6.45, 7) is 1.85. The number of piperidine rings is 1. The number of carbonyl (C=O) groups excluding carboxylic acids is 1. The SMILES string of the molecule is O=C(NC(CC1CCCCN1Cc1ccc(F)cc1)c1ccccn1)C1CCC1. The Morgan fingerprint density at radius 2 is 1.93 bits per heavy atom. The van der Waals surface area contributed by atoms with E-state index in [-0.39, 0.29) is 23.7 Å². The topological polar surface area (TPSA) is 45.2 Å². The second-order valence-electron chi connectivity index (χ2n) is 8.43. The summed E-state index contributed by atoms with van der Waals surface area (Å²) in [5, 5.41) is 3.30. The van der Waals surface area contributed by atoms with E-state index in [9.17, 15) is 9.18 Å². The van der Waals surface area contributed by atoms with Crippen molar-refractivity contribution in [3.8, 4) is 0 Å². The molecule has 1 aromatic heterocycles. The summed E-state index contributed by atoms with van der Waals surface area (Å²) in [7, 11) is 0. The Balaban J connectivity index is 1.47. The predicted octanol–water partition coefficient (Wildman–Crippen LogP) is 4.62. The van der Waals surface area contributed by atoms with E-state index in [4.69, 9.17) is 0 Å². The van der Waals surface area contributed by atoms with Crippen molar-refractivity contribution >= 4 is 5.91 Å². The first-order chi connectivity index (χ1) is 14.2. The number of carbonyl (C=O) groups is 1. The summed E-state index contributed by atoms with van der Waals surface area (Å²) in [6, 6.07) is 13.0. The lowest BCUT2D eigenvalue weighted by Gasteiger charge is -2.38. The molecule has 1 amide bonds. The minimum atomic E-state index is -0.196. The van der Waals surface area contributed by atoms with Gasteiger partial charge >= 0.3 is 0 Å². The number of hydrogen-bond acceptors (Lipinski definition) is 3. The van der Waals surface area contributed by atoms with Crippen LogP contribution in [0.5, 0.6) is 0 Å². The third kappa shape index (κ3) is 5.21. The summed E-state index contributed by atoms with van der Waals surface area (Å²) in [5.41, 5.74) is 2.07. The number of nitrogens with zero attached hydrogens (tertiary/aromatic N) is 2. The van der Waals surface area contributed by atoms with E-state index >= 15 is 0 Å². The fourth-order valence-electron chi connectivity index (χ4n) is 4.43. The smallest absolute Gasteiger partial charge is 0.223 e. The van der Waals surface area contributed by atoms with Gasteiger partial charge in [-0.15, -0.1) is 0 Å². The van der Waals surface area contributed by atoms with Crippen molar-refractivity contribution < 1.29 is 9.18 Å². The lowest BCUT2D eigenvalue weighted by Crippen LogP contribution is -2.44. The van der Waals surface area contributed by atoms with Gasteiger partial charge in [-0.1, -0.05) is 31.0 Å². The Morgan fingerprint density at radius 3 is 2.62 bits per heavy atom. The molecule has 1 aromatic carbocycles. The Morgan fingerprint density at radius 1 is 1.10 bits per heavy atom. The molecule has 1 saturated heterocycles. The maximum absolute atomic E-state index is 13.3. The van der Waals surface area contributed by atoms with E-state index in [0.717, 1.165) is 56.5 Å². The van der Waals surface area contributed by atoms with Crippen molar-refractivity contribution in [3.05, 3.63) is 65.7 Å². The van der Waals surface area contributed by atoms with Crippen LogP contribution in [0.4, 0.5) is 4.39 Å². The van der Waals surface area contributed by atoms with Gasteiger partial charge in [0.25, 0.3) is 0 Å². The first kappa shape index (κ1) is 20.0. The molecule has 1 aliphatic heterocycles. The van der Waals surface area contributed by atoms with E-state index in [1.165, 1.54) is 25.0 Å². The molecule has 154 valence electrons. The fraction of sp³-hybridized carbons (Fsp3) is 0.500. The van der Waals surface area contributed by atoms with Crippen molar-refractivity contribution in [2.24, 2.45) is 5.92 Å². The van der Waals surface area contributed by atoms with Crippen LogP contribution in [0.2, 0.25) is 0 Å². The fourth-order valence-corrected chi connectivity index (χ4v) is 4.43. The molecule has 0 bridgehead atoms. The third-order valence-electron chi connectivity index (χ3n) is 6.39. The van der Waals surface area contributed by atoms with Crippen LogP contribution in [-0.4, -0.2) is 28.4 Å². The van der Waals surface area contributed by atoms with Gasteiger partial charge in [0, 0.05) is 24.7 Å². The molecule has 2 atom stereocenters. The molecule has 2 unspecified atom stereocenters. The molecule has 2 fully saturated rings. The maximum Gasteiger partial charge on any atom is 0.223 e. The van der Waals surface area contributed by atoms with Crippen molar-refractivity contribution in [1.82, 2.24) is 15.2 Å². The van der Waals surface area contributed by atoms with Crippen LogP contribution < -0.4 is 5.32 Å². The van der Waals surface area contributed by atoms with Crippen molar-refractivity contribution in [1.29, 1.82) is 0 Å². The number of pyridine rings is 1. The van der Waals surface area contributed by atoms with Gasteiger partial charge in [0.15, 0.2) is 0 Å². The lowest BCUT2D eigenvalue weighted by atomic mass is 9.84. The minimum absolute atomic E-state index is 0.0666. The van der Waals surface area contributed by atoms with Crippen LogP contribution >= 0.6 is 0 Å². The number of benzene rings is 1. The molecular weight excluding hydrogens is 365 g/mol. The molecule has 2 heterocycles. The second kappa shape index (κ2) is 9.49. The van der Waals surface area contributed by atoms with E-state index in [0.29, 0.717) is 6.04 Å². The molecule has 0 spiro atoms. The Bertz CT molecular complexity index is 792. The average Bonchev–Trinajstić information content (AvgIpc) is 2.70. The monoisotopic (exact) mass is 395 g/mol. The van der Waals surface area contributed by atoms with Gasteiger partial charge in [-0.3, -0.25) is 14.7 Å². The molecule has 4 rings (SSSR count). The van der Waals surface area contributed by atoms with Crippen LogP contribution in [0.3, 0.4) is 0 Å². The number of halogens is 1. The predicted molar refractivity (Wildman–Crippen MR) is 112 cm³/mol. The molecular formula is C24H30FN3O. The van der Waals surface area contributed by atoms with Crippen molar-refractivity contribution in [2.45, 2.75) is 63.6 Å². The molecule has 2 aliphatic rings. The molecule has 29 heavy (non-hydrogen) atoms. The highest BCUT2D eigenvalue weighted by atomic mass is 19.1. The first-order valence-corrected chi connectivity index (χ1v) is 10.9. The number of rotatable bonds is 7. The highest BCUT2D eigenvalue weighted by Crippen LogP contribution is 2.30. The lowest BCUT2D eigenvalue weighted by molar-refractivity contribution is -0.128. The standard InChI is InChI=1S/C24H30FN3O/c25-20-12-10-18(11-13-20)17-28-15-4-2-8-21(28)16-23(22-9-1-3-14-26-22)27-24(29)19-6-5-7-19/h1,3,9-14,19,21,23H,2,4-8,15-17H2,(H,27,29). The van der Waals surface area contributed by atoms with E-state index in [1.807, 2.05) is 30.3 Å². The zero-order chi connectivity index (χ0) is 20.1. The summed E-state index contributed by atoms with van der Waals surface area (Å²) < 4.78 is 13.3. The molecule has 5 heteroatoms. The Kier molecular flexibility index (Phi) is 6.55. The van der Waals surface area contributed by atoms with Gasteiger partial charge < -0.3 is 5.32 Å². The summed E-state index contributed by atoms with van der Waals surface area (Å²) in [5.74, 6) is 0.147. The number of hydrogen-bond donors (Lipinski definition) is 1.